The molecule has 0 radical (unpaired) electrons. The largest absolute Gasteiger partial charge is 0.393 e. The van der Waals surface area contributed by atoms with Crippen molar-refractivity contribution in [2.45, 2.75) is 51.7 Å². The highest BCUT2D eigenvalue weighted by atomic mass is 19.1. The van der Waals surface area contributed by atoms with Gasteiger partial charge in [-0.25, -0.2) is 13.6 Å². The van der Waals surface area contributed by atoms with Crippen molar-refractivity contribution >= 4 is 6.03 Å². The Labute approximate surface area is 135 Å². The topological polar surface area (TPSA) is 61.4 Å². The van der Waals surface area contributed by atoms with Crippen molar-refractivity contribution in [3.05, 3.63) is 35.4 Å². The van der Waals surface area contributed by atoms with E-state index in [1.807, 2.05) is 13.8 Å². The monoisotopic (exact) mass is 326 g/mol. The number of amides is 2. The maximum absolute atomic E-state index is 13.7. The lowest BCUT2D eigenvalue weighted by Gasteiger charge is -2.26. The first-order chi connectivity index (χ1) is 10.7. The van der Waals surface area contributed by atoms with Crippen LogP contribution in [0, 0.1) is 17.0 Å². The summed E-state index contributed by atoms with van der Waals surface area (Å²) in [6.07, 6.45) is 0.803. The van der Waals surface area contributed by atoms with Crippen LogP contribution in [0.4, 0.5) is 13.6 Å². The van der Waals surface area contributed by atoms with Crippen LogP contribution in [0.1, 0.15) is 45.1 Å². The van der Waals surface area contributed by atoms with Gasteiger partial charge < -0.3 is 15.7 Å². The molecule has 0 spiro atoms. The van der Waals surface area contributed by atoms with Gasteiger partial charge in [-0.2, -0.15) is 0 Å². The first kappa shape index (κ1) is 17.7. The van der Waals surface area contributed by atoms with E-state index < -0.39 is 17.7 Å². The Morgan fingerprint density at radius 1 is 1.43 bits per heavy atom. The Morgan fingerprint density at radius 2 is 2.13 bits per heavy atom. The third-order valence-corrected chi connectivity index (χ3v) is 4.04. The zero-order valence-electron chi connectivity index (χ0n) is 13.7. The second-order valence-corrected chi connectivity index (χ2v) is 7.16. The highest BCUT2D eigenvalue weighted by Gasteiger charge is 2.41. The van der Waals surface area contributed by atoms with Crippen LogP contribution in [0.3, 0.4) is 0 Å². The fraction of sp³-hybridized carbons (Fsp3) is 0.588. The van der Waals surface area contributed by atoms with Crippen LogP contribution in [-0.4, -0.2) is 29.8 Å². The molecule has 1 fully saturated rings. The minimum Gasteiger partial charge on any atom is -0.393 e. The van der Waals surface area contributed by atoms with Crippen molar-refractivity contribution in [1.82, 2.24) is 10.6 Å². The van der Waals surface area contributed by atoms with E-state index in [1.54, 1.807) is 6.92 Å². The summed E-state index contributed by atoms with van der Waals surface area (Å²) in [5.74, 6) is -1.28. The molecule has 0 saturated heterocycles. The summed E-state index contributed by atoms with van der Waals surface area (Å²) in [6, 6.07) is 3.09. The molecule has 2 rings (SSSR count). The van der Waals surface area contributed by atoms with Crippen molar-refractivity contribution in [3.63, 3.8) is 0 Å². The van der Waals surface area contributed by atoms with Gasteiger partial charge >= 0.3 is 6.03 Å². The molecular weight excluding hydrogens is 302 g/mol. The molecule has 23 heavy (non-hydrogen) atoms. The smallest absolute Gasteiger partial charge is 0.315 e. The van der Waals surface area contributed by atoms with E-state index in [1.165, 1.54) is 12.1 Å². The molecule has 4 nitrogen and oxygen atoms in total. The van der Waals surface area contributed by atoms with Crippen LogP contribution in [0.25, 0.3) is 0 Å². The molecule has 1 aliphatic rings. The van der Waals surface area contributed by atoms with E-state index in [2.05, 4.69) is 10.6 Å². The number of hydrogen-bond donors (Lipinski definition) is 3. The first-order valence-corrected chi connectivity index (χ1v) is 7.85. The average Bonchev–Trinajstić information content (AvgIpc) is 3.14. The number of nitrogens with one attached hydrogen (secondary N) is 2. The lowest BCUT2D eigenvalue weighted by Crippen LogP contribution is -2.42. The molecular formula is C17H24F2N2O2. The van der Waals surface area contributed by atoms with Gasteiger partial charge in [-0.05, 0) is 36.8 Å². The summed E-state index contributed by atoms with van der Waals surface area (Å²) in [4.78, 5) is 11.9. The van der Waals surface area contributed by atoms with Crippen LogP contribution < -0.4 is 10.6 Å². The molecule has 6 heteroatoms. The van der Waals surface area contributed by atoms with Gasteiger partial charge in [0.2, 0.25) is 0 Å². The Morgan fingerprint density at radius 3 is 2.74 bits per heavy atom. The lowest BCUT2D eigenvalue weighted by molar-refractivity contribution is 0.129. The summed E-state index contributed by atoms with van der Waals surface area (Å²) in [5.41, 5.74) is 0.225. The molecule has 3 atom stereocenters. The zero-order chi connectivity index (χ0) is 17.2. The number of halogens is 2. The summed E-state index contributed by atoms with van der Waals surface area (Å²) >= 11 is 0. The van der Waals surface area contributed by atoms with E-state index in [4.69, 9.17) is 0 Å². The van der Waals surface area contributed by atoms with Gasteiger partial charge in [-0.1, -0.05) is 19.9 Å². The number of hydrogen-bond acceptors (Lipinski definition) is 2. The van der Waals surface area contributed by atoms with Crippen LogP contribution >= 0.6 is 0 Å². The predicted molar refractivity (Wildman–Crippen MR) is 84.1 cm³/mol. The molecule has 1 aliphatic carbocycles. The Balaban J connectivity index is 1.79. The molecule has 3 N–H and O–H groups in total. The van der Waals surface area contributed by atoms with Crippen LogP contribution in [-0.2, 0) is 0 Å². The molecule has 2 amide bonds. The fourth-order valence-corrected chi connectivity index (χ4v) is 2.91. The molecule has 0 unspecified atom stereocenters. The highest BCUT2D eigenvalue weighted by molar-refractivity contribution is 5.75. The Kier molecular flexibility index (Phi) is 5.24. The van der Waals surface area contributed by atoms with Gasteiger partial charge in [-0.15, -0.1) is 0 Å². The molecule has 128 valence electrons. The molecule has 1 saturated carbocycles. The molecule has 1 aromatic rings. The van der Waals surface area contributed by atoms with Crippen molar-refractivity contribution in [2.24, 2.45) is 5.41 Å². The maximum Gasteiger partial charge on any atom is 0.315 e. The highest BCUT2D eigenvalue weighted by Crippen LogP contribution is 2.41. The van der Waals surface area contributed by atoms with Gasteiger partial charge in [0.05, 0.1) is 6.10 Å². The van der Waals surface area contributed by atoms with E-state index in [-0.39, 0.29) is 23.4 Å². The fourth-order valence-electron chi connectivity index (χ4n) is 2.91. The average molecular weight is 326 g/mol. The van der Waals surface area contributed by atoms with Crippen molar-refractivity contribution in [2.75, 3.05) is 6.54 Å². The Bertz CT molecular complexity index is 576. The van der Waals surface area contributed by atoms with Gasteiger partial charge in [0, 0.05) is 24.6 Å². The first-order valence-electron chi connectivity index (χ1n) is 7.85. The maximum atomic E-state index is 13.7. The van der Waals surface area contributed by atoms with E-state index in [0.717, 1.165) is 6.07 Å². The van der Waals surface area contributed by atoms with Crippen LogP contribution in [0.5, 0.6) is 0 Å². The van der Waals surface area contributed by atoms with Crippen LogP contribution in [0.15, 0.2) is 18.2 Å². The van der Waals surface area contributed by atoms with E-state index in [0.29, 0.717) is 24.9 Å². The minimum absolute atomic E-state index is 0.105. The zero-order valence-corrected chi connectivity index (χ0v) is 13.7. The second-order valence-electron chi connectivity index (χ2n) is 7.16. The number of aliphatic hydroxyl groups excluding tert-OH is 1. The minimum atomic E-state index is -0.602. The molecule has 0 aliphatic heterocycles. The van der Waals surface area contributed by atoms with E-state index in [9.17, 15) is 18.7 Å². The van der Waals surface area contributed by atoms with Gasteiger partial charge in [0.25, 0.3) is 0 Å². The van der Waals surface area contributed by atoms with Crippen molar-refractivity contribution < 1.29 is 18.7 Å². The molecule has 0 bridgehead atoms. The van der Waals surface area contributed by atoms with E-state index >= 15 is 0 Å². The second kappa shape index (κ2) is 6.83. The number of urea groups is 1. The number of rotatable bonds is 6. The Hall–Kier alpha value is -1.69. The van der Waals surface area contributed by atoms with Gasteiger partial charge in [0.1, 0.15) is 11.6 Å². The molecule has 0 aromatic heterocycles. The third-order valence-electron chi connectivity index (χ3n) is 4.04. The molecule has 0 heterocycles. The lowest BCUT2D eigenvalue weighted by atomic mass is 9.87. The predicted octanol–water partition coefficient (Wildman–Crippen LogP) is 2.92. The summed E-state index contributed by atoms with van der Waals surface area (Å²) < 4.78 is 26.6. The normalized spacial score (nSPS) is 21.7. The third kappa shape index (κ3) is 5.16. The van der Waals surface area contributed by atoms with Crippen molar-refractivity contribution in [3.8, 4) is 0 Å². The quantitative estimate of drug-likeness (QED) is 0.753. The summed E-state index contributed by atoms with van der Waals surface area (Å²) in [7, 11) is 0. The summed E-state index contributed by atoms with van der Waals surface area (Å²) in [5, 5.41) is 15.0. The SMILES string of the molecule is C[C@H](O)CC(C)(C)CNC(=O)N[C@@H]1C[C@H]1c1ccc(F)cc1F. The number of aliphatic hydroxyl groups is 1. The van der Waals surface area contributed by atoms with Crippen LogP contribution in [0.2, 0.25) is 0 Å². The molecule has 1 aromatic carbocycles. The summed E-state index contributed by atoms with van der Waals surface area (Å²) in [6.45, 7) is 6.08. The van der Waals surface area contributed by atoms with Crippen molar-refractivity contribution in [1.29, 1.82) is 0 Å². The number of carbonyl (C=O) groups is 1. The van der Waals surface area contributed by atoms with Gasteiger partial charge in [-0.3, -0.25) is 0 Å². The number of benzene rings is 1. The number of carbonyl (C=O) groups excluding carboxylic acids is 1. The standard InChI is InChI=1S/C17H24F2N2O2/c1-10(22)8-17(2,3)9-20-16(23)21-15-7-13(15)12-5-4-11(18)6-14(12)19/h4-6,10,13,15,22H,7-9H2,1-3H3,(H2,20,21,23)/t10-,13-,15+/m0/s1. The van der Waals surface area contributed by atoms with Gasteiger partial charge in [0.15, 0.2) is 0 Å².